The van der Waals surface area contributed by atoms with Crippen molar-refractivity contribution in [3.63, 3.8) is 0 Å². The summed E-state index contributed by atoms with van der Waals surface area (Å²) in [5.41, 5.74) is 5.15. The van der Waals surface area contributed by atoms with E-state index in [4.69, 9.17) is 10.5 Å². The van der Waals surface area contributed by atoms with Crippen LogP contribution in [0.3, 0.4) is 0 Å². The lowest BCUT2D eigenvalue weighted by Gasteiger charge is -2.42. The van der Waals surface area contributed by atoms with Crippen LogP contribution in [0.25, 0.3) is 0 Å². The lowest BCUT2D eigenvalue weighted by molar-refractivity contribution is -0.126. The molecular formula is C14H29N3O2. The summed E-state index contributed by atoms with van der Waals surface area (Å²) in [6, 6.07) is 0.403. The van der Waals surface area contributed by atoms with Crippen molar-refractivity contribution in [2.24, 2.45) is 5.73 Å². The molecule has 1 fully saturated rings. The summed E-state index contributed by atoms with van der Waals surface area (Å²) >= 11 is 0. The van der Waals surface area contributed by atoms with Crippen molar-refractivity contribution in [3.8, 4) is 0 Å². The van der Waals surface area contributed by atoms with Crippen molar-refractivity contribution in [3.05, 3.63) is 0 Å². The third-order valence-corrected chi connectivity index (χ3v) is 4.18. The van der Waals surface area contributed by atoms with E-state index in [1.54, 1.807) is 7.11 Å². The van der Waals surface area contributed by atoms with Crippen molar-refractivity contribution in [2.45, 2.75) is 50.6 Å². The lowest BCUT2D eigenvalue weighted by Crippen LogP contribution is -2.60. The highest BCUT2D eigenvalue weighted by Crippen LogP contribution is 2.30. The van der Waals surface area contributed by atoms with Gasteiger partial charge in [0.05, 0.1) is 12.1 Å². The zero-order valence-electron chi connectivity index (χ0n) is 12.6. The number of carbonyl (C=O) groups is 1. The van der Waals surface area contributed by atoms with Gasteiger partial charge in [0.25, 0.3) is 0 Å². The molecule has 0 radical (unpaired) electrons. The maximum Gasteiger partial charge on any atom is 0.237 e. The maximum atomic E-state index is 11.9. The topological polar surface area (TPSA) is 67.6 Å². The first-order valence-corrected chi connectivity index (χ1v) is 7.30. The number of primary amides is 1. The van der Waals surface area contributed by atoms with Gasteiger partial charge in [-0.1, -0.05) is 6.92 Å². The first kappa shape index (κ1) is 16.4. The third kappa shape index (κ3) is 4.44. The van der Waals surface area contributed by atoms with Crippen LogP contribution in [-0.4, -0.2) is 56.2 Å². The Morgan fingerprint density at radius 3 is 2.89 bits per heavy atom. The molecule has 0 aromatic carbocycles. The van der Waals surface area contributed by atoms with Gasteiger partial charge in [-0.15, -0.1) is 0 Å². The summed E-state index contributed by atoms with van der Waals surface area (Å²) in [6.07, 6.45) is 4.85. The van der Waals surface area contributed by atoms with Crippen LogP contribution >= 0.6 is 0 Å². The molecule has 1 aliphatic carbocycles. The van der Waals surface area contributed by atoms with Crippen LogP contribution in [0.4, 0.5) is 0 Å². The van der Waals surface area contributed by atoms with Gasteiger partial charge < -0.3 is 20.7 Å². The Morgan fingerprint density at radius 1 is 1.58 bits per heavy atom. The molecule has 0 bridgehead atoms. The van der Waals surface area contributed by atoms with E-state index in [9.17, 15) is 4.79 Å². The van der Waals surface area contributed by atoms with E-state index in [0.29, 0.717) is 6.04 Å². The lowest BCUT2D eigenvalue weighted by atomic mass is 9.77. The fourth-order valence-corrected chi connectivity index (χ4v) is 2.88. The quantitative estimate of drug-likeness (QED) is 0.683. The van der Waals surface area contributed by atoms with Crippen LogP contribution in [-0.2, 0) is 9.53 Å². The fraction of sp³-hybridized carbons (Fsp3) is 0.929. The summed E-state index contributed by atoms with van der Waals surface area (Å²) in [5.74, 6) is -0.203. The van der Waals surface area contributed by atoms with Gasteiger partial charge >= 0.3 is 0 Å². The number of likely N-dealkylation sites (N-methyl/N-ethyl adjacent to an activating group) is 1. The number of hydrogen-bond donors (Lipinski definition) is 2. The second-order valence-corrected chi connectivity index (χ2v) is 5.60. The number of ether oxygens (including phenoxy) is 1. The van der Waals surface area contributed by atoms with Gasteiger partial charge in [0.15, 0.2) is 0 Å². The van der Waals surface area contributed by atoms with Gasteiger partial charge in [-0.05, 0) is 45.7 Å². The number of nitrogens with zero attached hydrogens (tertiary/aromatic N) is 1. The van der Waals surface area contributed by atoms with Crippen LogP contribution in [0.2, 0.25) is 0 Å². The summed E-state index contributed by atoms with van der Waals surface area (Å²) in [7, 11) is 3.81. The van der Waals surface area contributed by atoms with Gasteiger partial charge in [-0.3, -0.25) is 4.79 Å². The molecule has 2 unspecified atom stereocenters. The van der Waals surface area contributed by atoms with E-state index < -0.39 is 5.54 Å². The van der Waals surface area contributed by atoms with Gasteiger partial charge in [0.1, 0.15) is 0 Å². The average Bonchev–Trinajstić information content (AvgIpc) is 2.42. The molecular weight excluding hydrogens is 242 g/mol. The van der Waals surface area contributed by atoms with E-state index in [1.165, 1.54) is 0 Å². The van der Waals surface area contributed by atoms with E-state index in [0.717, 1.165) is 51.8 Å². The Morgan fingerprint density at radius 2 is 2.32 bits per heavy atom. The molecule has 1 saturated carbocycles. The van der Waals surface area contributed by atoms with Gasteiger partial charge in [-0.25, -0.2) is 0 Å². The summed E-state index contributed by atoms with van der Waals surface area (Å²) in [6.45, 7) is 4.56. The molecule has 1 rings (SSSR count). The molecule has 0 saturated heterocycles. The van der Waals surface area contributed by atoms with Crippen molar-refractivity contribution in [1.82, 2.24) is 10.2 Å². The van der Waals surface area contributed by atoms with E-state index >= 15 is 0 Å². The average molecular weight is 271 g/mol. The molecule has 0 aliphatic heterocycles. The van der Waals surface area contributed by atoms with Crippen molar-refractivity contribution in [1.29, 1.82) is 0 Å². The zero-order chi connectivity index (χ0) is 14.3. The normalized spacial score (nSPS) is 27.7. The third-order valence-electron chi connectivity index (χ3n) is 4.18. The SMILES string of the molecule is CCCNC1(C(N)=O)CCCC(N(C)CCOC)C1. The summed E-state index contributed by atoms with van der Waals surface area (Å²) < 4.78 is 5.12. The standard InChI is InChI=1S/C14H29N3O2/c1-4-8-16-14(13(15)18)7-5-6-12(11-14)17(2)9-10-19-3/h12,16H,4-11H2,1-3H3,(H2,15,18). The Kier molecular flexibility index (Phi) is 6.75. The number of rotatable bonds is 8. The molecule has 5 heteroatoms. The smallest absolute Gasteiger partial charge is 0.237 e. The number of hydrogen-bond acceptors (Lipinski definition) is 4. The molecule has 0 heterocycles. The highest BCUT2D eigenvalue weighted by atomic mass is 16.5. The van der Waals surface area contributed by atoms with Crippen molar-refractivity contribution < 1.29 is 9.53 Å². The predicted molar refractivity (Wildman–Crippen MR) is 77.0 cm³/mol. The number of carbonyl (C=O) groups excluding carboxylic acids is 1. The fourth-order valence-electron chi connectivity index (χ4n) is 2.88. The Hall–Kier alpha value is -0.650. The first-order chi connectivity index (χ1) is 9.05. The van der Waals surface area contributed by atoms with Crippen molar-refractivity contribution >= 4 is 5.91 Å². The highest BCUT2D eigenvalue weighted by molar-refractivity contribution is 5.84. The van der Waals surface area contributed by atoms with Gasteiger partial charge in [0, 0.05) is 19.7 Å². The predicted octanol–water partition coefficient (Wildman–Crippen LogP) is 0.731. The minimum atomic E-state index is -0.514. The molecule has 3 N–H and O–H groups in total. The van der Waals surface area contributed by atoms with Gasteiger partial charge in [0.2, 0.25) is 5.91 Å². The zero-order valence-corrected chi connectivity index (χ0v) is 12.6. The van der Waals surface area contributed by atoms with Crippen LogP contribution in [0.15, 0.2) is 0 Å². The Balaban J connectivity index is 2.65. The van der Waals surface area contributed by atoms with E-state index in [-0.39, 0.29) is 5.91 Å². The highest BCUT2D eigenvalue weighted by Gasteiger charge is 2.41. The molecule has 19 heavy (non-hydrogen) atoms. The minimum Gasteiger partial charge on any atom is -0.383 e. The molecule has 0 aromatic heterocycles. The monoisotopic (exact) mass is 271 g/mol. The second kappa shape index (κ2) is 7.82. The molecule has 5 nitrogen and oxygen atoms in total. The number of nitrogens with one attached hydrogen (secondary N) is 1. The minimum absolute atomic E-state index is 0.203. The van der Waals surface area contributed by atoms with Crippen LogP contribution < -0.4 is 11.1 Å². The molecule has 0 aromatic rings. The largest absolute Gasteiger partial charge is 0.383 e. The molecule has 1 amide bonds. The first-order valence-electron chi connectivity index (χ1n) is 7.30. The Bertz CT molecular complexity index is 286. The van der Waals surface area contributed by atoms with Crippen LogP contribution in [0.1, 0.15) is 39.0 Å². The number of nitrogens with two attached hydrogens (primary N) is 1. The molecule has 112 valence electrons. The molecule has 0 spiro atoms. The number of amides is 1. The van der Waals surface area contributed by atoms with Crippen LogP contribution in [0.5, 0.6) is 0 Å². The van der Waals surface area contributed by atoms with Crippen molar-refractivity contribution in [2.75, 3.05) is 33.9 Å². The van der Waals surface area contributed by atoms with E-state index in [2.05, 4.69) is 24.2 Å². The Labute approximate surface area is 116 Å². The summed E-state index contributed by atoms with van der Waals surface area (Å²) in [4.78, 5) is 14.2. The van der Waals surface area contributed by atoms with Gasteiger partial charge in [-0.2, -0.15) is 0 Å². The maximum absolute atomic E-state index is 11.9. The molecule has 2 atom stereocenters. The van der Waals surface area contributed by atoms with E-state index in [1.807, 2.05) is 0 Å². The molecule has 1 aliphatic rings. The van der Waals surface area contributed by atoms with Crippen LogP contribution in [0, 0.1) is 0 Å². The second-order valence-electron chi connectivity index (χ2n) is 5.60. The number of methoxy groups -OCH3 is 1. The summed E-state index contributed by atoms with van der Waals surface area (Å²) in [5, 5.41) is 3.39.